The summed E-state index contributed by atoms with van der Waals surface area (Å²) in [5.74, 6) is -3.20. The van der Waals surface area contributed by atoms with E-state index in [0.717, 1.165) is 49.9 Å². The highest BCUT2D eigenvalue weighted by Crippen LogP contribution is 2.26. The molecule has 2 aromatic rings. The molecule has 0 saturated carbocycles. The number of pyridine rings is 1. The van der Waals surface area contributed by atoms with Gasteiger partial charge >= 0.3 is 5.97 Å². The highest BCUT2D eigenvalue weighted by Gasteiger charge is 2.24. The molecule has 34 heavy (non-hydrogen) atoms. The SMILES string of the molecule is [C-]#[N+]c1cc(F)c(C(=O)NC(CCOCCCCc2ccc3c(n2)CCCC3)C(=O)O)c(Cl)c1. The molecule has 1 atom stereocenters. The van der Waals surface area contributed by atoms with Gasteiger partial charge in [-0.2, -0.15) is 0 Å². The number of nitrogens with one attached hydrogen (secondary N) is 1. The Labute approximate surface area is 203 Å². The largest absolute Gasteiger partial charge is 0.480 e. The third-order valence-electron chi connectivity index (χ3n) is 5.74. The Hall–Kier alpha value is -3.02. The molecule has 0 bridgehead atoms. The van der Waals surface area contributed by atoms with E-state index in [1.165, 1.54) is 24.1 Å². The quantitative estimate of drug-likeness (QED) is 0.347. The Balaban J connectivity index is 1.39. The minimum absolute atomic E-state index is 0.0207. The molecule has 1 aromatic carbocycles. The van der Waals surface area contributed by atoms with Crippen LogP contribution in [0.25, 0.3) is 4.85 Å². The highest BCUT2D eigenvalue weighted by molar-refractivity contribution is 6.34. The van der Waals surface area contributed by atoms with Crippen LogP contribution < -0.4 is 5.32 Å². The van der Waals surface area contributed by atoms with E-state index < -0.39 is 29.3 Å². The lowest BCUT2D eigenvalue weighted by molar-refractivity contribution is -0.139. The van der Waals surface area contributed by atoms with Gasteiger partial charge in [0, 0.05) is 36.0 Å². The molecule has 7 nitrogen and oxygen atoms in total. The third kappa shape index (κ3) is 6.99. The highest BCUT2D eigenvalue weighted by atomic mass is 35.5. The van der Waals surface area contributed by atoms with Crippen molar-refractivity contribution in [3.63, 3.8) is 0 Å². The van der Waals surface area contributed by atoms with Gasteiger partial charge in [0.2, 0.25) is 0 Å². The first-order valence-electron chi connectivity index (χ1n) is 11.3. The Morgan fingerprint density at radius 1 is 1.24 bits per heavy atom. The second kappa shape index (κ2) is 12.4. The summed E-state index contributed by atoms with van der Waals surface area (Å²) in [4.78, 5) is 31.7. The lowest BCUT2D eigenvalue weighted by atomic mass is 9.95. The fourth-order valence-electron chi connectivity index (χ4n) is 3.91. The number of carbonyl (C=O) groups excluding carboxylic acids is 1. The van der Waals surface area contributed by atoms with E-state index in [-0.39, 0.29) is 23.7 Å². The average molecular weight is 488 g/mol. The summed E-state index contributed by atoms with van der Waals surface area (Å²) < 4.78 is 19.7. The van der Waals surface area contributed by atoms with Crippen molar-refractivity contribution in [3.05, 3.63) is 69.0 Å². The summed E-state index contributed by atoms with van der Waals surface area (Å²) in [7, 11) is 0. The molecule has 1 unspecified atom stereocenters. The number of aliphatic carboxylic acids is 1. The van der Waals surface area contributed by atoms with Crippen molar-refractivity contribution >= 4 is 29.2 Å². The van der Waals surface area contributed by atoms with E-state index in [2.05, 4.69) is 22.3 Å². The zero-order valence-corrected chi connectivity index (χ0v) is 19.5. The number of rotatable bonds is 11. The van der Waals surface area contributed by atoms with Crippen LogP contribution in [0, 0.1) is 12.4 Å². The number of fused-ring (bicyclic) bond motifs is 1. The van der Waals surface area contributed by atoms with Gasteiger partial charge < -0.3 is 15.2 Å². The van der Waals surface area contributed by atoms with Gasteiger partial charge in [0.15, 0.2) is 5.69 Å². The summed E-state index contributed by atoms with van der Waals surface area (Å²) in [5.41, 5.74) is 3.14. The molecule has 0 aliphatic heterocycles. The molecule has 1 heterocycles. The maximum Gasteiger partial charge on any atom is 0.326 e. The van der Waals surface area contributed by atoms with Crippen LogP contribution in [0.4, 0.5) is 10.1 Å². The number of nitrogens with zero attached hydrogens (tertiary/aromatic N) is 2. The summed E-state index contributed by atoms with van der Waals surface area (Å²) in [6, 6.07) is 5.06. The monoisotopic (exact) mass is 487 g/mol. The van der Waals surface area contributed by atoms with Crippen LogP contribution in [-0.4, -0.2) is 41.2 Å². The van der Waals surface area contributed by atoms with E-state index in [1.54, 1.807) is 0 Å². The number of carbonyl (C=O) groups is 2. The number of aryl methyl sites for hydroxylation is 3. The summed E-state index contributed by atoms with van der Waals surface area (Å²) in [5, 5.41) is 11.4. The number of benzene rings is 1. The fraction of sp³-hybridized carbons (Fsp3) is 0.440. The number of unbranched alkanes of at least 4 members (excludes halogenated alkanes) is 1. The molecular formula is C25H27ClFN3O4. The van der Waals surface area contributed by atoms with E-state index in [1.807, 2.05) is 0 Å². The third-order valence-corrected chi connectivity index (χ3v) is 6.04. The molecule has 0 spiro atoms. The molecule has 3 rings (SSSR count). The van der Waals surface area contributed by atoms with Gasteiger partial charge in [-0.1, -0.05) is 17.7 Å². The number of aromatic nitrogens is 1. The Kier molecular flexibility index (Phi) is 9.37. The predicted molar refractivity (Wildman–Crippen MR) is 126 cm³/mol. The van der Waals surface area contributed by atoms with Gasteiger partial charge in [0.05, 0.1) is 12.1 Å². The van der Waals surface area contributed by atoms with E-state index >= 15 is 0 Å². The van der Waals surface area contributed by atoms with Crippen LogP contribution in [0.1, 0.15) is 59.4 Å². The summed E-state index contributed by atoms with van der Waals surface area (Å²) in [6.45, 7) is 7.49. The first-order valence-corrected chi connectivity index (χ1v) is 11.7. The molecule has 0 saturated heterocycles. The number of halogens is 2. The molecule has 1 aliphatic rings. The molecular weight excluding hydrogens is 461 g/mol. The average Bonchev–Trinajstić information content (AvgIpc) is 2.81. The van der Waals surface area contributed by atoms with Crippen LogP contribution in [0.2, 0.25) is 5.02 Å². The van der Waals surface area contributed by atoms with Crippen molar-refractivity contribution in [3.8, 4) is 0 Å². The Morgan fingerprint density at radius 3 is 2.76 bits per heavy atom. The minimum atomic E-state index is -1.26. The second-order valence-electron chi connectivity index (χ2n) is 8.23. The van der Waals surface area contributed by atoms with E-state index in [0.29, 0.717) is 6.61 Å². The second-order valence-corrected chi connectivity index (χ2v) is 8.64. The molecule has 0 fully saturated rings. The number of hydrogen-bond donors (Lipinski definition) is 2. The van der Waals surface area contributed by atoms with Crippen LogP contribution >= 0.6 is 11.6 Å². The topological polar surface area (TPSA) is 92.9 Å². The summed E-state index contributed by atoms with van der Waals surface area (Å²) in [6.07, 6.45) is 7.20. The van der Waals surface area contributed by atoms with Gasteiger partial charge in [-0.05, 0) is 68.7 Å². The van der Waals surface area contributed by atoms with Gasteiger partial charge in [0.25, 0.3) is 5.91 Å². The zero-order chi connectivity index (χ0) is 24.5. The number of ether oxygens (including phenoxy) is 1. The number of carboxylic acids is 1. The van der Waals surface area contributed by atoms with Crippen LogP contribution in [0.5, 0.6) is 0 Å². The van der Waals surface area contributed by atoms with Crippen LogP contribution in [0.3, 0.4) is 0 Å². The lowest BCUT2D eigenvalue weighted by Gasteiger charge is -2.16. The van der Waals surface area contributed by atoms with Crippen molar-refractivity contribution in [2.75, 3.05) is 13.2 Å². The van der Waals surface area contributed by atoms with E-state index in [4.69, 9.17) is 27.9 Å². The first kappa shape index (κ1) is 25.6. The zero-order valence-electron chi connectivity index (χ0n) is 18.8. The van der Waals surface area contributed by atoms with Crippen molar-refractivity contribution in [1.82, 2.24) is 10.3 Å². The Morgan fingerprint density at radius 2 is 2.03 bits per heavy atom. The molecule has 2 N–H and O–H groups in total. The number of hydrogen-bond acceptors (Lipinski definition) is 4. The maximum absolute atomic E-state index is 14.2. The predicted octanol–water partition coefficient (Wildman–Crippen LogP) is 4.92. The fourth-order valence-corrected chi connectivity index (χ4v) is 4.20. The standard InChI is InChI=1S/C25H27ClFN3O4/c1-28-18-14-19(26)23(20(27)15-18)24(31)30-22(25(32)33)11-13-34-12-5-4-7-17-10-9-16-6-2-3-8-21(16)29-17/h9-10,14-15,22H,2-8,11-13H2,(H,30,31)(H,32,33). The van der Waals surface area contributed by atoms with E-state index in [9.17, 15) is 19.1 Å². The van der Waals surface area contributed by atoms with Crippen LogP contribution in [-0.2, 0) is 28.8 Å². The summed E-state index contributed by atoms with van der Waals surface area (Å²) >= 11 is 5.90. The van der Waals surface area contributed by atoms with Gasteiger partial charge in [-0.15, -0.1) is 0 Å². The van der Waals surface area contributed by atoms with Crippen molar-refractivity contribution in [2.24, 2.45) is 0 Å². The van der Waals surface area contributed by atoms with Gasteiger partial charge in [-0.3, -0.25) is 9.78 Å². The molecule has 1 aliphatic carbocycles. The molecule has 9 heteroatoms. The van der Waals surface area contributed by atoms with Gasteiger partial charge in [-0.25, -0.2) is 14.0 Å². The minimum Gasteiger partial charge on any atom is -0.480 e. The molecule has 0 radical (unpaired) electrons. The molecule has 1 aromatic heterocycles. The smallest absolute Gasteiger partial charge is 0.326 e. The number of amides is 1. The van der Waals surface area contributed by atoms with Crippen molar-refractivity contribution in [2.45, 2.75) is 57.4 Å². The maximum atomic E-state index is 14.2. The van der Waals surface area contributed by atoms with Crippen molar-refractivity contribution < 1.29 is 23.8 Å². The lowest BCUT2D eigenvalue weighted by Crippen LogP contribution is -2.42. The molecule has 180 valence electrons. The van der Waals surface area contributed by atoms with Crippen molar-refractivity contribution in [1.29, 1.82) is 0 Å². The molecule has 1 amide bonds. The number of carboxylic acid groups (broad SMARTS) is 1. The normalized spacial score (nSPS) is 13.6. The van der Waals surface area contributed by atoms with Gasteiger partial charge in [0.1, 0.15) is 11.9 Å². The van der Waals surface area contributed by atoms with Crippen LogP contribution in [0.15, 0.2) is 24.3 Å². The first-order chi connectivity index (χ1) is 16.4. The Bertz CT molecular complexity index is 1060.